The van der Waals surface area contributed by atoms with Crippen molar-refractivity contribution < 1.29 is 22.8 Å². The first-order valence-corrected chi connectivity index (χ1v) is 9.52. The van der Waals surface area contributed by atoms with Gasteiger partial charge in [-0.05, 0) is 49.7 Å². The van der Waals surface area contributed by atoms with Gasteiger partial charge in [-0.3, -0.25) is 4.79 Å². The molecule has 0 unspecified atom stereocenters. The Bertz CT molecular complexity index is 891. The van der Waals surface area contributed by atoms with Crippen LogP contribution >= 0.6 is 0 Å². The summed E-state index contributed by atoms with van der Waals surface area (Å²) in [5.74, 6) is -0.353. The van der Waals surface area contributed by atoms with E-state index < -0.39 is 17.2 Å². The fourth-order valence-corrected chi connectivity index (χ4v) is 2.76. The van der Waals surface area contributed by atoms with Gasteiger partial charge < -0.3 is 16.0 Å². The average Bonchev–Trinajstić information content (AvgIpc) is 2.65. The summed E-state index contributed by atoms with van der Waals surface area (Å²) in [4.78, 5) is 24.1. The maximum Gasteiger partial charge on any atom is 0.416 e. The number of rotatable bonds is 6. The summed E-state index contributed by atoms with van der Waals surface area (Å²) < 4.78 is 38.9. The number of halogens is 3. The second-order valence-electron chi connectivity index (χ2n) is 7.98. The largest absolute Gasteiger partial charge is 0.416 e. The van der Waals surface area contributed by atoms with Crippen LogP contribution in [0.2, 0.25) is 0 Å². The van der Waals surface area contributed by atoms with Gasteiger partial charge in [-0.1, -0.05) is 32.0 Å². The molecule has 30 heavy (non-hydrogen) atoms. The molecule has 2 aromatic carbocycles. The van der Waals surface area contributed by atoms with Crippen molar-refractivity contribution >= 4 is 17.6 Å². The predicted molar refractivity (Wildman–Crippen MR) is 111 cm³/mol. The number of hydrogen-bond donors (Lipinski definition) is 3. The lowest BCUT2D eigenvalue weighted by Gasteiger charge is -2.26. The number of carbonyl (C=O) groups excluding carboxylic acids is 2. The van der Waals surface area contributed by atoms with Gasteiger partial charge in [0.1, 0.15) is 0 Å². The summed E-state index contributed by atoms with van der Waals surface area (Å²) in [5.41, 5.74) is -0.0242. The van der Waals surface area contributed by atoms with E-state index in [1.54, 1.807) is 44.2 Å². The highest BCUT2D eigenvalue weighted by atomic mass is 19.4. The van der Waals surface area contributed by atoms with E-state index in [2.05, 4.69) is 16.0 Å². The minimum atomic E-state index is -4.42. The zero-order valence-corrected chi connectivity index (χ0v) is 17.4. The first-order valence-electron chi connectivity index (χ1n) is 9.52. The van der Waals surface area contributed by atoms with Gasteiger partial charge in [0.25, 0.3) is 5.91 Å². The van der Waals surface area contributed by atoms with Crippen molar-refractivity contribution in [2.45, 2.75) is 45.3 Å². The summed E-state index contributed by atoms with van der Waals surface area (Å²) in [7, 11) is 0. The maximum absolute atomic E-state index is 13.0. The van der Waals surface area contributed by atoms with Crippen LogP contribution in [0.4, 0.5) is 23.7 Å². The van der Waals surface area contributed by atoms with E-state index in [0.717, 1.165) is 12.1 Å². The molecule has 3 amide bonds. The van der Waals surface area contributed by atoms with Crippen molar-refractivity contribution in [1.29, 1.82) is 0 Å². The molecule has 0 saturated heterocycles. The molecule has 0 aliphatic carbocycles. The number of alkyl halides is 3. The Balaban J connectivity index is 2.00. The van der Waals surface area contributed by atoms with Crippen LogP contribution in [0.25, 0.3) is 0 Å². The monoisotopic (exact) mass is 421 g/mol. The SMILES string of the molecule is CC(C)NC(=O)Nc1ccc(C(=O)NCC(C)(C)c2cccc(C(F)(F)F)c2)cc1. The Morgan fingerprint density at radius 3 is 2.13 bits per heavy atom. The minimum Gasteiger partial charge on any atom is -0.351 e. The molecule has 2 aromatic rings. The smallest absolute Gasteiger partial charge is 0.351 e. The quantitative estimate of drug-likeness (QED) is 0.618. The molecule has 0 aliphatic rings. The average molecular weight is 421 g/mol. The molecule has 5 nitrogen and oxygen atoms in total. The first-order chi connectivity index (χ1) is 13.9. The molecule has 0 heterocycles. The molecule has 0 saturated carbocycles. The van der Waals surface area contributed by atoms with Crippen LogP contribution in [0.1, 0.15) is 49.2 Å². The summed E-state index contributed by atoms with van der Waals surface area (Å²) in [6.07, 6.45) is -4.42. The zero-order valence-electron chi connectivity index (χ0n) is 17.4. The number of nitrogens with one attached hydrogen (secondary N) is 3. The fraction of sp³-hybridized carbons (Fsp3) is 0.364. The topological polar surface area (TPSA) is 70.2 Å². The molecular formula is C22H26F3N3O2. The van der Waals surface area contributed by atoms with Crippen molar-refractivity contribution in [3.8, 4) is 0 Å². The van der Waals surface area contributed by atoms with Crippen molar-refractivity contribution in [3.05, 3.63) is 65.2 Å². The van der Waals surface area contributed by atoms with Crippen LogP contribution in [0, 0.1) is 0 Å². The van der Waals surface area contributed by atoms with Crippen molar-refractivity contribution in [3.63, 3.8) is 0 Å². The van der Waals surface area contributed by atoms with E-state index in [1.165, 1.54) is 6.07 Å². The number of benzene rings is 2. The van der Waals surface area contributed by atoms with Crippen LogP contribution in [0.3, 0.4) is 0 Å². The lowest BCUT2D eigenvalue weighted by molar-refractivity contribution is -0.137. The summed E-state index contributed by atoms with van der Waals surface area (Å²) in [6.45, 7) is 7.37. The van der Waals surface area contributed by atoms with Gasteiger partial charge in [0.05, 0.1) is 5.56 Å². The molecule has 3 N–H and O–H groups in total. The highest BCUT2D eigenvalue weighted by Crippen LogP contribution is 2.32. The molecule has 0 aliphatic heterocycles. The summed E-state index contributed by atoms with van der Waals surface area (Å²) in [6, 6.07) is 11.1. The van der Waals surface area contributed by atoms with E-state index in [0.29, 0.717) is 16.8 Å². The normalized spacial score (nSPS) is 11.9. The van der Waals surface area contributed by atoms with E-state index in [1.807, 2.05) is 13.8 Å². The number of hydrogen-bond acceptors (Lipinski definition) is 2. The van der Waals surface area contributed by atoms with Crippen molar-refractivity contribution in [1.82, 2.24) is 10.6 Å². The Morgan fingerprint density at radius 2 is 1.57 bits per heavy atom. The molecule has 0 bridgehead atoms. The highest BCUT2D eigenvalue weighted by Gasteiger charge is 2.32. The molecule has 0 atom stereocenters. The second kappa shape index (κ2) is 9.19. The summed E-state index contributed by atoms with van der Waals surface area (Å²) in [5, 5.41) is 8.12. The lowest BCUT2D eigenvalue weighted by atomic mass is 9.83. The summed E-state index contributed by atoms with van der Waals surface area (Å²) >= 11 is 0. The Labute approximate surface area is 174 Å². The van der Waals surface area contributed by atoms with Gasteiger partial charge in [-0.25, -0.2) is 4.79 Å². The fourth-order valence-electron chi connectivity index (χ4n) is 2.76. The molecule has 0 spiro atoms. The van der Waals surface area contributed by atoms with Gasteiger partial charge in [0.15, 0.2) is 0 Å². The molecule has 0 fully saturated rings. The first kappa shape index (κ1) is 23.3. The number of carbonyl (C=O) groups is 2. The zero-order chi connectivity index (χ0) is 22.5. The van der Waals surface area contributed by atoms with Crippen LogP contribution in [0.5, 0.6) is 0 Å². The predicted octanol–water partition coefficient (Wildman–Crippen LogP) is 4.94. The van der Waals surface area contributed by atoms with Crippen LogP contribution in [-0.4, -0.2) is 24.5 Å². The van der Waals surface area contributed by atoms with Gasteiger partial charge in [-0.2, -0.15) is 13.2 Å². The van der Waals surface area contributed by atoms with Crippen molar-refractivity contribution in [2.24, 2.45) is 0 Å². The van der Waals surface area contributed by atoms with Gasteiger partial charge in [-0.15, -0.1) is 0 Å². The van der Waals surface area contributed by atoms with Crippen LogP contribution in [-0.2, 0) is 11.6 Å². The number of amides is 3. The second-order valence-corrected chi connectivity index (χ2v) is 7.98. The number of urea groups is 1. The molecule has 0 aromatic heterocycles. The Kier molecular flexibility index (Phi) is 7.12. The molecular weight excluding hydrogens is 395 g/mol. The maximum atomic E-state index is 13.0. The van der Waals surface area contributed by atoms with E-state index in [4.69, 9.17) is 0 Å². The number of anilines is 1. The lowest BCUT2D eigenvalue weighted by Crippen LogP contribution is -2.37. The molecule has 2 rings (SSSR count). The van der Waals surface area contributed by atoms with Gasteiger partial charge >= 0.3 is 12.2 Å². The van der Waals surface area contributed by atoms with Crippen LogP contribution < -0.4 is 16.0 Å². The van der Waals surface area contributed by atoms with Crippen LogP contribution in [0.15, 0.2) is 48.5 Å². The van der Waals surface area contributed by atoms with Gasteiger partial charge in [0, 0.05) is 29.3 Å². The molecule has 0 radical (unpaired) electrons. The van der Waals surface area contributed by atoms with E-state index >= 15 is 0 Å². The van der Waals surface area contributed by atoms with Crippen molar-refractivity contribution in [2.75, 3.05) is 11.9 Å². The third-order valence-corrected chi connectivity index (χ3v) is 4.49. The third-order valence-electron chi connectivity index (χ3n) is 4.49. The minimum absolute atomic E-state index is 0.00442. The third kappa shape index (κ3) is 6.50. The van der Waals surface area contributed by atoms with Gasteiger partial charge in [0.2, 0.25) is 0 Å². The molecule has 8 heteroatoms. The Morgan fingerprint density at radius 1 is 0.967 bits per heavy atom. The Hall–Kier alpha value is -3.03. The van der Waals surface area contributed by atoms with E-state index in [9.17, 15) is 22.8 Å². The highest BCUT2D eigenvalue weighted by molar-refractivity contribution is 5.95. The standard InChI is InChI=1S/C22H26F3N3O2/c1-14(2)27-20(30)28-18-10-8-15(9-11-18)19(29)26-13-21(3,4)16-6-5-7-17(12-16)22(23,24)25/h5-12,14H,13H2,1-4H3,(H,26,29)(H2,27,28,30). The van der Waals surface area contributed by atoms with E-state index in [-0.39, 0.29) is 24.5 Å². The molecule has 162 valence electrons.